The van der Waals surface area contributed by atoms with Crippen LogP contribution in [-0.4, -0.2) is 33.1 Å². The van der Waals surface area contributed by atoms with E-state index >= 15 is 0 Å². The number of carboxylic acids is 1. The minimum absolute atomic E-state index is 0.160. The van der Waals surface area contributed by atoms with E-state index in [9.17, 15) is 9.36 Å². The maximum absolute atomic E-state index is 11.1. The molecule has 25 heavy (non-hydrogen) atoms. The zero-order valence-corrected chi connectivity index (χ0v) is 14.6. The number of benzene rings is 2. The lowest BCUT2D eigenvalue weighted by molar-refractivity contribution is -0.138. The standard InChI is InChI=1S/C18H22NO5P/c19-17(18(20)21)12-14-7-2-4-10-16(14)15-9-3-1-6-13(15)8-5-11-25(22,23)24/h1-4,6-7,9-10,17H,5,8,11-12,19H2,(H,20,21)(H2,22,23,24). The van der Waals surface area contributed by atoms with Crippen molar-refractivity contribution in [3.05, 3.63) is 59.7 Å². The first-order valence-electron chi connectivity index (χ1n) is 7.97. The lowest BCUT2D eigenvalue weighted by atomic mass is 9.91. The second-order valence-electron chi connectivity index (χ2n) is 5.95. The van der Waals surface area contributed by atoms with Crippen LogP contribution in [0.5, 0.6) is 0 Å². The molecule has 0 saturated heterocycles. The summed E-state index contributed by atoms with van der Waals surface area (Å²) in [6.45, 7) is 0. The highest BCUT2D eigenvalue weighted by Gasteiger charge is 2.17. The predicted molar refractivity (Wildman–Crippen MR) is 96.4 cm³/mol. The second-order valence-corrected chi connectivity index (χ2v) is 7.73. The third kappa shape index (κ3) is 5.80. The highest BCUT2D eigenvalue weighted by Crippen LogP contribution is 2.36. The van der Waals surface area contributed by atoms with Crippen LogP contribution in [0.25, 0.3) is 11.1 Å². The maximum Gasteiger partial charge on any atom is 0.325 e. The second kappa shape index (κ2) is 8.41. The van der Waals surface area contributed by atoms with Gasteiger partial charge in [-0.2, -0.15) is 0 Å². The number of nitrogens with two attached hydrogens (primary N) is 1. The summed E-state index contributed by atoms with van der Waals surface area (Å²) in [6, 6.07) is 14.1. The van der Waals surface area contributed by atoms with E-state index in [2.05, 4.69) is 0 Å². The zero-order valence-electron chi connectivity index (χ0n) is 13.7. The van der Waals surface area contributed by atoms with Crippen molar-refractivity contribution < 1.29 is 24.3 Å². The van der Waals surface area contributed by atoms with Gasteiger partial charge in [0.1, 0.15) is 6.04 Å². The third-order valence-electron chi connectivity index (χ3n) is 3.98. The van der Waals surface area contributed by atoms with Gasteiger partial charge in [0, 0.05) is 0 Å². The van der Waals surface area contributed by atoms with E-state index < -0.39 is 19.6 Å². The van der Waals surface area contributed by atoms with Crippen molar-refractivity contribution in [3.8, 4) is 11.1 Å². The molecule has 0 saturated carbocycles. The molecule has 7 heteroatoms. The molecular weight excluding hydrogens is 341 g/mol. The van der Waals surface area contributed by atoms with Crippen molar-refractivity contribution in [2.24, 2.45) is 5.73 Å². The highest BCUT2D eigenvalue weighted by molar-refractivity contribution is 7.51. The fourth-order valence-corrected chi connectivity index (χ4v) is 3.33. The van der Waals surface area contributed by atoms with Crippen molar-refractivity contribution in [2.75, 3.05) is 6.16 Å². The summed E-state index contributed by atoms with van der Waals surface area (Å²) in [5.41, 5.74) is 9.30. The van der Waals surface area contributed by atoms with Gasteiger partial charge in [0.15, 0.2) is 0 Å². The Kier molecular flexibility index (Phi) is 6.51. The van der Waals surface area contributed by atoms with Gasteiger partial charge in [-0.1, -0.05) is 48.5 Å². The van der Waals surface area contributed by atoms with Crippen molar-refractivity contribution >= 4 is 13.6 Å². The monoisotopic (exact) mass is 363 g/mol. The van der Waals surface area contributed by atoms with E-state index in [0.717, 1.165) is 22.3 Å². The fraction of sp³-hybridized carbons (Fsp3) is 0.278. The molecule has 0 radical (unpaired) electrons. The minimum atomic E-state index is -4.01. The first-order chi connectivity index (χ1) is 11.8. The number of rotatable bonds is 8. The Morgan fingerprint density at radius 3 is 2.08 bits per heavy atom. The summed E-state index contributed by atoms with van der Waals surface area (Å²) in [7, 11) is -4.01. The number of aliphatic carboxylic acids is 1. The Balaban J connectivity index is 2.30. The molecule has 134 valence electrons. The molecule has 0 aliphatic heterocycles. The van der Waals surface area contributed by atoms with Crippen molar-refractivity contribution in [1.82, 2.24) is 0 Å². The van der Waals surface area contributed by atoms with E-state index in [-0.39, 0.29) is 12.6 Å². The van der Waals surface area contributed by atoms with Crippen LogP contribution in [0.2, 0.25) is 0 Å². The SMILES string of the molecule is NC(Cc1ccccc1-c1ccccc1CCCP(=O)(O)O)C(=O)O. The molecule has 0 aliphatic carbocycles. The van der Waals surface area contributed by atoms with Crippen LogP contribution in [0.3, 0.4) is 0 Å². The van der Waals surface area contributed by atoms with E-state index in [0.29, 0.717) is 12.8 Å². The molecule has 1 atom stereocenters. The van der Waals surface area contributed by atoms with E-state index in [1.807, 2.05) is 48.5 Å². The molecule has 0 heterocycles. The lowest BCUT2D eigenvalue weighted by Crippen LogP contribution is -2.32. The van der Waals surface area contributed by atoms with Crippen LogP contribution in [0.15, 0.2) is 48.5 Å². The Hall–Kier alpha value is -1.98. The molecule has 0 amide bonds. The Morgan fingerprint density at radius 2 is 1.52 bits per heavy atom. The highest BCUT2D eigenvalue weighted by atomic mass is 31.2. The number of carboxylic acid groups (broad SMARTS) is 1. The van der Waals surface area contributed by atoms with Crippen molar-refractivity contribution in [1.29, 1.82) is 0 Å². The van der Waals surface area contributed by atoms with Gasteiger partial charge in [-0.3, -0.25) is 9.36 Å². The summed E-state index contributed by atoms with van der Waals surface area (Å²) < 4.78 is 11.0. The van der Waals surface area contributed by atoms with Gasteiger partial charge in [-0.25, -0.2) is 0 Å². The first-order valence-corrected chi connectivity index (χ1v) is 9.77. The lowest BCUT2D eigenvalue weighted by Gasteiger charge is -2.15. The molecule has 0 fully saturated rings. The van der Waals surface area contributed by atoms with Gasteiger partial charge >= 0.3 is 13.6 Å². The maximum atomic E-state index is 11.1. The Bertz CT molecular complexity index is 787. The summed E-state index contributed by atoms with van der Waals surface area (Å²) in [6.07, 6.45) is 0.952. The number of hydrogen-bond acceptors (Lipinski definition) is 3. The number of aryl methyl sites for hydroxylation is 1. The van der Waals surface area contributed by atoms with Crippen LogP contribution in [-0.2, 0) is 22.2 Å². The molecule has 0 aliphatic rings. The third-order valence-corrected chi connectivity index (χ3v) is 4.88. The Labute approximate surface area is 146 Å². The summed E-state index contributed by atoms with van der Waals surface area (Å²) in [5, 5.41) is 9.05. The van der Waals surface area contributed by atoms with Crippen LogP contribution in [0.1, 0.15) is 17.5 Å². The molecule has 2 aromatic rings. The fourth-order valence-electron chi connectivity index (χ4n) is 2.76. The van der Waals surface area contributed by atoms with Crippen LogP contribution >= 0.6 is 7.60 Å². The molecule has 0 aromatic heterocycles. The average Bonchev–Trinajstić information content (AvgIpc) is 2.54. The topological polar surface area (TPSA) is 121 Å². The first kappa shape index (κ1) is 19.3. The van der Waals surface area contributed by atoms with Gasteiger partial charge < -0.3 is 20.6 Å². The molecule has 0 bridgehead atoms. The van der Waals surface area contributed by atoms with E-state index in [1.165, 1.54) is 0 Å². The van der Waals surface area contributed by atoms with Gasteiger partial charge in [0.05, 0.1) is 6.16 Å². The molecule has 0 spiro atoms. The number of hydrogen-bond donors (Lipinski definition) is 4. The Morgan fingerprint density at radius 1 is 1.00 bits per heavy atom. The van der Waals surface area contributed by atoms with Gasteiger partial charge in [0.25, 0.3) is 0 Å². The molecular formula is C18H22NO5P. The molecule has 1 unspecified atom stereocenters. The van der Waals surface area contributed by atoms with Crippen molar-refractivity contribution in [2.45, 2.75) is 25.3 Å². The zero-order chi connectivity index (χ0) is 18.4. The minimum Gasteiger partial charge on any atom is -0.480 e. The number of carbonyl (C=O) groups is 1. The summed E-state index contributed by atoms with van der Waals surface area (Å²) >= 11 is 0. The average molecular weight is 363 g/mol. The molecule has 5 N–H and O–H groups in total. The van der Waals surface area contributed by atoms with Crippen LogP contribution in [0, 0.1) is 0 Å². The van der Waals surface area contributed by atoms with Gasteiger partial charge in [-0.15, -0.1) is 0 Å². The molecule has 2 aromatic carbocycles. The normalized spacial score (nSPS) is 12.8. The van der Waals surface area contributed by atoms with Crippen LogP contribution in [0.4, 0.5) is 0 Å². The van der Waals surface area contributed by atoms with E-state index in [1.54, 1.807) is 0 Å². The van der Waals surface area contributed by atoms with Gasteiger partial charge in [-0.05, 0) is 41.5 Å². The summed E-state index contributed by atoms with van der Waals surface area (Å²) in [4.78, 5) is 29.1. The molecule has 2 rings (SSSR count). The van der Waals surface area contributed by atoms with Crippen LogP contribution < -0.4 is 5.73 Å². The predicted octanol–water partition coefficient (Wildman–Crippen LogP) is 2.42. The smallest absolute Gasteiger partial charge is 0.325 e. The summed E-state index contributed by atoms with van der Waals surface area (Å²) in [5.74, 6) is -1.05. The molecule has 6 nitrogen and oxygen atoms in total. The largest absolute Gasteiger partial charge is 0.480 e. The van der Waals surface area contributed by atoms with Crippen molar-refractivity contribution in [3.63, 3.8) is 0 Å². The van der Waals surface area contributed by atoms with E-state index in [4.69, 9.17) is 20.6 Å². The van der Waals surface area contributed by atoms with Gasteiger partial charge in [0.2, 0.25) is 0 Å². The quantitative estimate of drug-likeness (QED) is 0.535.